The second-order valence-corrected chi connectivity index (χ2v) is 7.85. The zero-order chi connectivity index (χ0) is 22.0. The van der Waals surface area contributed by atoms with Crippen LogP contribution in [0.3, 0.4) is 0 Å². The number of carbonyl (C=O) groups excluding carboxylic acids is 1. The first-order valence-corrected chi connectivity index (χ1v) is 10.3. The van der Waals surface area contributed by atoms with Crippen molar-refractivity contribution in [3.63, 3.8) is 0 Å². The van der Waals surface area contributed by atoms with Gasteiger partial charge in [-0.1, -0.05) is 72.3 Å². The van der Waals surface area contributed by atoms with Gasteiger partial charge in [0, 0.05) is 42.0 Å². The van der Waals surface area contributed by atoms with Crippen LogP contribution in [-0.4, -0.2) is 22.5 Å². The van der Waals surface area contributed by atoms with E-state index in [0.29, 0.717) is 28.2 Å². The standard InChI is InChI=1S/C25H22ClN3O2/c1-28(16-17-9-5-3-6-10-17)25(31)27-23-22(18-11-7-4-8-12-18)21-15-19(26)13-14-20(21)24(30)29(23)2/h3-15H,16H2,1-2H3,(H,27,31). The number of amides is 2. The predicted molar refractivity (Wildman–Crippen MR) is 127 cm³/mol. The lowest BCUT2D eigenvalue weighted by Crippen LogP contribution is -2.33. The Morgan fingerprint density at radius 3 is 2.29 bits per heavy atom. The van der Waals surface area contributed by atoms with Gasteiger partial charge in [0.25, 0.3) is 5.56 Å². The van der Waals surface area contributed by atoms with Crippen LogP contribution in [0.2, 0.25) is 5.02 Å². The summed E-state index contributed by atoms with van der Waals surface area (Å²) in [6.07, 6.45) is 0. The van der Waals surface area contributed by atoms with Crippen LogP contribution in [0.15, 0.2) is 83.7 Å². The van der Waals surface area contributed by atoms with Crippen molar-refractivity contribution < 1.29 is 4.79 Å². The molecule has 1 heterocycles. The van der Waals surface area contributed by atoms with E-state index in [0.717, 1.165) is 16.7 Å². The topological polar surface area (TPSA) is 54.3 Å². The van der Waals surface area contributed by atoms with Crippen molar-refractivity contribution >= 4 is 34.2 Å². The zero-order valence-corrected chi connectivity index (χ0v) is 18.1. The normalized spacial score (nSPS) is 10.8. The van der Waals surface area contributed by atoms with Crippen LogP contribution < -0.4 is 10.9 Å². The summed E-state index contributed by atoms with van der Waals surface area (Å²) in [4.78, 5) is 27.7. The maximum atomic E-state index is 13.0. The lowest BCUT2D eigenvalue weighted by Gasteiger charge is -2.22. The molecule has 0 radical (unpaired) electrons. The van der Waals surface area contributed by atoms with E-state index in [1.165, 1.54) is 4.57 Å². The fourth-order valence-corrected chi connectivity index (χ4v) is 3.83. The first-order valence-electron chi connectivity index (χ1n) is 9.89. The van der Waals surface area contributed by atoms with Gasteiger partial charge in [-0.05, 0) is 29.3 Å². The molecule has 0 saturated carbocycles. The van der Waals surface area contributed by atoms with Crippen molar-refractivity contribution in [2.75, 3.05) is 12.4 Å². The Labute approximate surface area is 185 Å². The van der Waals surface area contributed by atoms with Crippen molar-refractivity contribution in [2.45, 2.75) is 6.54 Å². The van der Waals surface area contributed by atoms with E-state index in [4.69, 9.17) is 11.6 Å². The number of halogens is 1. The quantitative estimate of drug-likeness (QED) is 0.462. The molecule has 1 N–H and O–H groups in total. The fourth-order valence-electron chi connectivity index (χ4n) is 3.66. The third-order valence-electron chi connectivity index (χ3n) is 5.26. The van der Waals surface area contributed by atoms with Gasteiger partial charge < -0.3 is 4.90 Å². The van der Waals surface area contributed by atoms with Crippen molar-refractivity contribution in [1.82, 2.24) is 9.47 Å². The van der Waals surface area contributed by atoms with Gasteiger partial charge in [0.1, 0.15) is 5.82 Å². The minimum atomic E-state index is -0.308. The van der Waals surface area contributed by atoms with Gasteiger partial charge in [0.15, 0.2) is 0 Å². The molecule has 2 amide bonds. The molecular weight excluding hydrogens is 410 g/mol. The van der Waals surface area contributed by atoms with Crippen molar-refractivity contribution in [3.8, 4) is 11.1 Å². The van der Waals surface area contributed by atoms with E-state index in [1.807, 2.05) is 60.7 Å². The molecule has 6 heteroatoms. The molecule has 0 fully saturated rings. The van der Waals surface area contributed by atoms with Gasteiger partial charge in [-0.25, -0.2) is 4.79 Å². The number of aromatic nitrogens is 1. The highest BCUT2D eigenvalue weighted by Gasteiger charge is 2.20. The van der Waals surface area contributed by atoms with Gasteiger partial charge in [0.05, 0.1) is 0 Å². The highest BCUT2D eigenvalue weighted by atomic mass is 35.5. The summed E-state index contributed by atoms with van der Waals surface area (Å²) in [5.41, 5.74) is 2.45. The maximum absolute atomic E-state index is 13.0. The van der Waals surface area contributed by atoms with E-state index in [-0.39, 0.29) is 11.6 Å². The Morgan fingerprint density at radius 2 is 1.61 bits per heavy atom. The van der Waals surface area contributed by atoms with Crippen LogP contribution in [-0.2, 0) is 13.6 Å². The van der Waals surface area contributed by atoms with Gasteiger partial charge in [-0.3, -0.25) is 14.7 Å². The Kier molecular flexibility index (Phi) is 5.78. The van der Waals surface area contributed by atoms with E-state index in [2.05, 4.69) is 5.32 Å². The number of carbonyl (C=O) groups is 1. The van der Waals surface area contributed by atoms with Crippen LogP contribution in [0.1, 0.15) is 5.56 Å². The SMILES string of the molecule is CN(Cc1ccccc1)C(=O)Nc1c(-c2ccccc2)c2cc(Cl)ccc2c(=O)n1C. The molecule has 0 unspecified atom stereocenters. The molecule has 1 aromatic heterocycles. The van der Waals surface area contributed by atoms with Crippen LogP contribution >= 0.6 is 11.6 Å². The molecule has 156 valence electrons. The molecule has 3 aromatic carbocycles. The van der Waals surface area contributed by atoms with Crippen LogP contribution in [0.5, 0.6) is 0 Å². The second kappa shape index (κ2) is 8.66. The van der Waals surface area contributed by atoms with Crippen LogP contribution in [0, 0.1) is 0 Å². The molecule has 4 rings (SSSR count). The molecule has 0 aliphatic carbocycles. The first kappa shape index (κ1) is 20.7. The Balaban J connectivity index is 1.82. The average Bonchev–Trinajstić information content (AvgIpc) is 2.78. The minimum Gasteiger partial charge on any atom is -0.323 e. The lowest BCUT2D eigenvalue weighted by molar-refractivity contribution is 0.220. The van der Waals surface area contributed by atoms with Gasteiger partial charge >= 0.3 is 6.03 Å². The number of rotatable bonds is 4. The number of hydrogen-bond acceptors (Lipinski definition) is 2. The summed E-state index contributed by atoms with van der Waals surface area (Å²) in [7, 11) is 3.39. The van der Waals surface area contributed by atoms with E-state index in [1.54, 1.807) is 37.2 Å². The van der Waals surface area contributed by atoms with E-state index in [9.17, 15) is 9.59 Å². The van der Waals surface area contributed by atoms with E-state index >= 15 is 0 Å². The van der Waals surface area contributed by atoms with Crippen LogP contribution in [0.25, 0.3) is 21.9 Å². The second-order valence-electron chi connectivity index (χ2n) is 7.42. The summed E-state index contributed by atoms with van der Waals surface area (Å²) in [5, 5.41) is 4.72. The number of hydrogen-bond donors (Lipinski definition) is 1. The predicted octanol–water partition coefficient (Wildman–Crippen LogP) is 5.52. The molecule has 0 aliphatic heterocycles. The molecule has 0 saturated heterocycles. The number of pyridine rings is 1. The van der Waals surface area contributed by atoms with Gasteiger partial charge in [-0.2, -0.15) is 0 Å². The minimum absolute atomic E-state index is 0.202. The average molecular weight is 432 g/mol. The molecule has 5 nitrogen and oxygen atoms in total. The van der Waals surface area contributed by atoms with Gasteiger partial charge in [-0.15, -0.1) is 0 Å². The summed E-state index contributed by atoms with van der Waals surface area (Å²) in [6.45, 7) is 0.445. The number of anilines is 1. The third-order valence-corrected chi connectivity index (χ3v) is 5.49. The number of nitrogens with zero attached hydrogens (tertiary/aromatic N) is 2. The zero-order valence-electron chi connectivity index (χ0n) is 17.3. The number of benzene rings is 3. The lowest BCUT2D eigenvalue weighted by atomic mass is 9.99. The Morgan fingerprint density at radius 1 is 0.968 bits per heavy atom. The summed E-state index contributed by atoms with van der Waals surface area (Å²) >= 11 is 6.26. The molecular formula is C25H22ClN3O2. The molecule has 0 aliphatic rings. The Bertz CT molecular complexity index is 1300. The first-order chi connectivity index (χ1) is 15.0. The maximum Gasteiger partial charge on any atom is 0.323 e. The number of nitrogens with one attached hydrogen (secondary N) is 1. The van der Waals surface area contributed by atoms with Gasteiger partial charge in [0.2, 0.25) is 0 Å². The smallest absolute Gasteiger partial charge is 0.323 e. The Hall–Kier alpha value is -3.57. The number of urea groups is 1. The third kappa shape index (κ3) is 4.18. The fraction of sp³-hybridized carbons (Fsp3) is 0.120. The molecule has 0 bridgehead atoms. The molecule has 4 aromatic rings. The largest absolute Gasteiger partial charge is 0.323 e. The summed E-state index contributed by atoms with van der Waals surface area (Å²) in [6, 6.07) is 24.3. The van der Waals surface area contributed by atoms with Crippen molar-refractivity contribution in [3.05, 3.63) is 99.8 Å². The summed E-state index contributed by atoms with van der Waals surface area (Å²) < 4.78 is 1.48. The molecule has 0 spiro atoms. The van der Waals surface area contributed by atoms with Crippen molar-refractivity contribution in [1.29, 1.82) is 0 Å². The highest BCUT2D eigenvalue weighted by Crippen LogP contribution is 2.35. The molecule has 31 heavy (non-hydrogen) atoms. The monoisotopic (exact) mass is 431 g/mol. The summed E-state index contributed by atoms with van der Waals surface area (Å²) in [5.74, 6) is 0.427. The number of fused-ring (bicyclic) bond motifs is 1. The highest BCUT2D eigenvalue weighted by molar-refractivity contribution is 6.31. The molecule has 0 atom stereocenters. The van der Waals surface area contributed by atoms with Crippen molar-refractivity contribution in [2.24, 2.45) is 7.05 Å². The van der Waals surface area contributed by atoms with E-state index < -0.39 is 0 Å². The van der Waals surface area contributed by atoms with Crippen LogP contribution in [0.4, 0.5) is 10.6 Å².